The third-order valence-electron chi connectivity index (χ3n) is 3.65. The molecule has 19 heavy (non-hydrogen) atoms. The Balaban J connectivity index is 1.94. The largest absolute Gasteiger partial charge is 0.396 e. The average Bonchev–Trinajstić information content (AvgIpc) is 2.65. The molecule has 1 N–H and O–H groups in total. The molecule has 0 saturated carbocycles. The monoisotopic (exact) mass is 269 g/mol. The Kier molecular flexibility index (Phi) is 4.04. The molecule has 0 aliphatic carbocycles. The number of amides is 4. The lowest BCUT2D eigenvalue weighted by molar-refractivity contribution is -0.138. The summed E-state index contributed by atoms with van der Waals surface area (Å²) < 4.78 is 0. The number of likely N-dealkylation sites (tertiary alicyclic amines) is 1. The third kappa shape index (κ3) is 2.86. The number of hydrogen-bond acceptors (Lipinski definition) is 4. The zero-order valence-corrected chi connectivity index (χ0v) is 11.0. The zero-order chi connectivity index (χ0) is 14.0. The molecule has 2 aliphatic heterocycles. The molecule has 106 valence electrons. The van der Waals surface area contributed by atoms with Gasteiger partial charge in [-0.25, -0.2) is 4.79 Å². The number of aliphatic hydroxyl groups is 1. The minimum atomic E-state index is -0.422. The minimum Gasteiger partial charge on any atom is -0.396 e. The smallest absolute Gasteiger partial charge is 0.327 e. The molecular weight excluding hydrogens is 250 g/mol. The number of aliphatic hydroxyl groups excluding tert-OH is 1. The van der Waals surface area contributed by atoms with Crippen LogP contribution in [0.25, 0.3) is 0 Å². The van der Waals surface area contributed by atoms with E-state index in [1.54, 1.807) is 4.90 Å². The quantitative estimate of drug-likeness (QED) is 0.674. The Morgan fingerprint density at radius 1 is 1.42 bits per heavy atom. The molecule has 2 saturated heterocycles. The number of hydrogen-bond donors (Lipinski definition) is 1. The van der Waals surface area contributed by atoms with Gasteiger partial charge in [-0.3, -0.25) is 14.5 Å². The van der Waals surface area contributed by atoms with Gasteiger partial charge in [0, 0.05) is 26.7 Å². The molecular formula is C12H19N3O4. The van der Waals surface area contributed by atoms with Gasteiger partial charge in [0.15, 0.2) is 0 Å². The highest BCUT2D eigenvalue weighted by molar-refractivity contribution is 6.04. The lowest BCUT2D eigenvalue weighted by Crippen LogP contribution is -2.47. The van der Waals surface area contributed by atoms with Gasteiger partial charge in [0.05, 0.1) is 0 Å². The van der Waals surface area contributed by atoms with Crippen LogP contribution < -0.4 is 0 Å². The summed E-state index contributed by atoms with van der Waals surface area (Å²) in [6.07, 6.45) is 1.75. The van der Waals surface area contributed by atoms with Crippen LogP contribution >= 0.6 is 0 Å². The molecule has 2 aliphatic rings. The van der Waals surface area contributed by atoms with E-state index in [0.717, 1.165) is 17.7 Å². The first-order valence-electron chi connectivity index (χ1n) is 6.47. The molecule has 2 rings (SSSR count). The van der Waals surface area contributed by atoms with Crippen molar-refractivity contribution in [2.75, 3.05) is 39.8 Å². The number of carbonyl (C=O) groups is 3. The maximum atomic E-state index is 12.1. The number of imide groups is 1. The molecule has 0 aromatic heterocycles. The standard InChI is InChI=1S/C12H19N3O4/c1-13-6-11(18)15(12(13)19)7-10(17)14-4-2-3-9(5-14)8-16/h9,16H,2-8H2,1H3. The van der Waals surface area contributed by atoms with Gasteiger partial charge in [-0.05, 0) is 18.8 Å². The van der Waals surface area contributed by atoms with E-state index >= 15 is 0 Å². The Morgan fingerprint density at radius 2 is 2.16 bits per heavy atom. The fraction of sp³-hybridized carbons (Fsp3) is 0.750. The van der Waals surface area contributed by atoms with Gasteiger partial charge >= 0.3 is 6.03 Å². The third-order valence-corrected chi connectivity index (χ3v) is 3.65. The summed E-state index contributed by atoms with van der Waals surface area (Å²) in [5.74, 6) is -0.461. The molecule has 7 heteroatoms. The van der Waals surface area contributed by atoms with Gasteiger partial charge in [0.2, 0.25) is 5.91 Å². The predicted molar refractivity (Wildman–Crippen MR) is 66.1 cm³/mol. The van der Waals surface area contributed by atoms with Gasteiger partial charge in [0.25, 0.3) is 5.91 Å². The van der Waals surface area contributed by atoms with Crippen LogP contribution in [0.5, 0.6) is 0 Å². The number of nitrogens with zero attached hydrogens (tertiary/aromatic N) is 3. The normalized spacial score (nSPS) is 24.3. The molecule has 7 nitrogen and oxygen atoms in total. The van der Waals surface area contributed by atoms with Crippen molar-refractivity contribution >= 4 is 17.8 Å². The second kappa shape index (κ2) is 5.56. The first kappa shape index (κ1) is 13.8. The van der Waals surface area contributed by atoms with Crippen LogP contribution in [0, 0.1) is 5.92 Å². The van der Waals surface area contributed by atoms with Crippen molar-refractivity contribution in [2.45, 2.75) is 12.8 Å². The molecule has 2 heterocycles. The average molecular weight is 269 g/mol. The molecule has 4 amide bonds. The molecule has 0 bridgehead atoms. The molecule has 0 aromatic rings. The Labute approximate surface area is 111 Å². The van der Waals surface area contributed by atoms with Crippen molar-refractivity contribution in [3.63, 3.8) is 0 Å². The van der Waals surface area contributed by atoms with E-state index in [4.69, 9.17) is 5.11 Å². The summed E-state index contributed by atoms with van der Waals surface area (Å²) in [5, 5.41) is 9.13. The van der Waals surface area contributed by atoms with E-state index in [2.05, 4.69) is 0 Å². The fourth-order valence-corrected chi connectivity index (χ4v) is 2.50. The molecule has 0 spiro atoms. The molecule has 1 unspecified atom stereocenters. The second-order valence-electron chi connectivity index (χ2n) is 5.15. The van der Waals surface area contributed by atoms with Crippen molar-refractivity contribution < 1.29 is 19.5 Å². The maximum absolute atomic E-state index is 12.1. The van der Waals surface area contributed by atoms with Crippen LogP contribution in [-0.2, 0) is 9.59 Å². The van der Waals surface area contributed by atoms with Crippen molar-refractivity contribution in [2.24, 2.45) is 5.92 Å². The van der Waals surface area contributed by atoms with E-state index in [1.807, 2.05) is 0 Å². The Bertz CT molecular complexity index is 398. The minimum absolute atomic E-state index is 0.0331. The molecule has 2 fully saturated rings. The van der Waals surface area contributed by atoms with Crippen LogP contribution in [0.1, 0.15) is 12.8 Å². The van der Waals surface area contributed by atoms with Crippen LogP contribution in [0.3, 0.4) is 0 Å². The van der Waals surface area contributed by atoms with Crippen LogP contribution in [0.2, 0.25) is 0 Å². The Hall–Kier alpha value is -1.63. The Morgan fingerprint density at radius 3 is 2.74 bits per heavy atom. The van der Waals surface area contributed by atoms with Gasteiger partial charge in [0.1, 0.15) is 13.1 Å². The van der Waals surface area contributed by atoms with E-state index in [9.17, 15) is 14.4 Å². The van der Waals surface area contributed by atoms with Crippen molar-refractivity contribution in [3.8, 4) is 0 Å². The second-order valence-corrected chi connectivity index (χ2v) is 5.15. The SMILES string of the molecule is CN1CC(=O)N(CC(=O)N2CCCC(CO)C2)C1=O. The van der Waals surface area contributed by atoms with Crippen LogP contribution in [-0.4, -0.2) is 77.5 Å². The van der Waals surface area contributed by atoms with E-state index in [-0.39, 0.29) is 37.4 Å². The first-order valence-corrected chi connectivity index (χ1v) is 6.47. The first-order chi connectivity index (χ1) is 9.02. The number of urea groups is 1. The highest BCUT2D eigenvalue weighted by atomic mass is 16.3. The predicted octanol–water partition coefficient (Wildman–Crippen LogP) is -0.889. The summed E-state index contributed by atoms with van der Waals surface area (Å²) in [4.78, 5) is 39.3. The van der Waals surface area contributed by atoms with Crippen LogP contribution in [0.15, 0.2) is 0 Å². The number of carbonyl (C=O) groups excluding carboxylic acids is 3. The summed E-state index contributed by atoms with van der Waals surface area (Å²) in [6.45, 7) is 1.03. The van der Waals surface area contributed by atoms with Crippen molar-refractivity contribution in [1.82, 2.24) is 14.7 Å². The lowest BCUT2D eigenvalue weighted by atomic mass is 9.99. The number of piperidine rings is 1. The molecule has 1 atom stereocenters. The molecule has 0 radical (unpaired) electrons. The van der Waals surface area contributed by atoms with Crippen molar-refractivity contribution in [3.05, 3.63) is 0 Å². The van der Waals surface area contributed by atoms with Gasteiger partial charge < -0.3 is 14.9 Å². The number of rotatable bonds is 3. The highest BCUT2D eigenvalue weighted by Crippen LogP contribution is 2.17. The van der Waals surface area contributed by atoms with Gasteiger partial charge in [-0.1, -0.05) is 0 Å². The van der Waals surface area contributed by atoms with Gasteiger partial charge in [-0.15, -0.1) is 0 Å². The van der Waals surface area contributed by atoms with E-state index in [0.29, 0.717) is 13.1 Å². The summed E-state index contributed by atoms with van der Waals surface area (Å²) in [6, 6.07) is -0.422. The van der Waals surface area contributed by atoms with E-state index in [1.165, 1.54) is 11.9 Å². The fourth-order valence-electron chi connectivity index (χ4n) is 2.50. The van der Waals surface area contributed by atoms with E-state index < -0.39 is 6.03 Å². The summed E-state index contributed by atoms with van der Waals surface area (Å²) >= 11 is 0. The summed E-state index contributed by atoms with van der Waals surface area (Å²) in [7, 11) is 1.54. The highest BCUT2D eigenvalue weighted by Gasteiger charge is 2.36. The van der Waals surface area contributed by atoms with Crippen LogP contribution in [0.4, 0.5) is 4.79 Å². The lowest BCUT2D eigenvalue weighted by Gasteiger charge is -2.32. The van der Waals surface area contributed by atoms with Gasteiger partial charge in [-0.2, -0.15) is 0 Å². The van der Waals surface area contributed by atoms with Crippen molar-refractivity contribution in [1.29, 1.82) is 0 Å². The number of likely N-dealkylation sites (N-methyl/N-ethyl adjacent to an activating group) is 1. The summed E-state index contributed by atoms with van der Waals surface area (Å²) in [5.41, 5.74) is 0. The molecule has 0 aromatic carbocycles. The maximum Gasteiger partial charge on any atom is 0.327 e. The zero-order valence-electron chi connectivity index (χ0n) is 11.0. The topological polar surface area (TPSA) is 81.2 Å².